The van der Waals surface area contributed by atoms with Gasteiger partial charge in [0.25, 0.3) is 0 Å². The number of amides is 1. The van der Waals surface area contributed by atoms with Crippen molar-refractivity contribution >= 4 is 15.9 Å². The van der Waals surface area contributed by atoms with E-state index in [2.05, 4.69) is 17.3 Å². The number of likely N-dealkylation sites (tertiary alicyclic amines) is 1. The van der Waals surface area contributed by atoms with Crippen molar-refractivity contribution in [1.29, 1.82) is 0 Å². The molecule has 8 nitrogen and oxygen atoms in total. The van der Waals surface area contributed by atoms with Crippen LogP contribution in [-0.4, -0.2) is 62.0 Å². The summed E-state index contributed by atoms with van der Waals surface area (Å²) in [7, 11) is -2.05. The molecule has 2 aromatic rings. The van der Waals surface area contributed by atoms with Crippen molar-refractivity contribution in [3.05, 3.63) is 41.3 Å². The molecule has 186 valence electrons. The summed E-state index contributed by atoms with van der Waals surface area (Å²) in [6.45, 7) is 5.39. The molecular weight excluding hydrogens is 454 g/mol. The van der Waals surface area contributed by atoms with Gasteiger partial charge >= 0.3 is 0 Å². The topological polar surface area (TPSA) is 93.0 Å². The highest BCUT2D eigenvalue weighted by atomic mass is 32.2. The minimum absolute atomic E-state index is 0.0901. The molecule has 3 heterocycles. The normalized spacial score (nSPS) is 20.4. The van der Waals surface area contributed by atoms with E-state index >= 15 is 0 Å². The average molecular weight is 490 g/mol. The average Bonchev–Trinajstić information content (AvgIpc) is 3.21. The van der Waals surface area contributed by atoms with E-state index in [1.54, 1.807) is 21.0 Å². The lowest BCUT2D eigenvalue weighted by Gasteiger charge is -2.37. The van der Waals surface area contributed by atoms with Gasteiger partial charge in [0.05, 0.1) is 13.0 Å². The number of hydrogen-bond acceptors (Lipinski definition) is 6. The number of rotatable bonds is 7. The Bertz CT molecular complexity index is 1070. The molecule has 0 aliphatic carbocycles. The van der Waals surface area contributed by atoms with Gasteiger partial charge in [-0.25, -0.2) is 8.42 Å². The van der Waals surface area contributed by atoms with Crippen molar-refractivity contribution in [2.75, 3.05) is 33.3 Å². The number of methoxy groups -OCH3 is 1. The van der Waals surface area contributed by atoms with Crippen molar-refractivity contribution in [2.45, 2.75) is 57.3 Å². The highest BCUT2D eigenvalue weighted by Crippen LogP contribution is 2.30. The van der Waals surface area contributed by atoms with Crippen LogP contribution < -0.4 is 4.74 Å². The van der Waals surface area contributed by atoms with E-state index in [4.69, 9.17) is 9.26 Å². The fourth-order valence-corrected chi connectivity index (χ4v) is 7.01. The predicted octanol–water partition coefficient (Wildman–Crippen LogP) is 3.57. The Morgan fingerprint density at radius 1 is 1.12 bits per heavy atom. The van der Waals surface area contributed by atoms with Gasteiger partial charge in [0.2, 0.25) is 15.9 Å². The molecule has 1 unspecified atom stereocenters. The van der Waals surface area contributed by atoms with Gasteiger partial charge in [-0.2, -0.15) is 4.31 Å². The first-order chi connectivity index (χ1) is 16.3. The molecule has 9 heteroatoms. The molecule has 2 fully saturated rings. The smallest absolute Gasteiger partial charge is 0.248 e. The van der Waals surface area contributed by atoms with Crippen LogP contribution in [0.15, 0.2) is 33.7 Å². The summed E-state index contributed by atoms with van der Waals surface area (Å²) in [6.07, 6.45) is 5.54. The van der Waals surface area contributed by atoms with Gasteiger partial charge < -0.3 is 14.2 Å². The zero-order valence-electron chi connectivity index (χ0n) is 20.3. The van der Waals surface area contributed by atoms with E-state index in [1.807, 2.05) is 17.0 Å². The maximum Gasteiger partial charge on any atom is 0.248 e. The van der Waals surface area contributed by atoms with Crippen molar-refractivity contribution in [2.24, 2.45) is 11.8 Å². The second kappa shape index (κ2) is 10.5. The molecule has 1 aromatic heterocycles. The van der Waals surface area contributed by atoms with Gasteiger partial charge in [-0.05, 0) is 76.0 Å². The van der Waals surface area contributed by atoms with Crippen LogP contribution in [0.4, 0.5) is 0 Å². The summed E-state index contributed by atoms with van der Waals surface area (Å²) in [5, 5.41) is 3.79. The van der Waals surface area contributed by atoms with Crippen LogP contribution in [-0.2, 0) is 21.2 Å². The van der Waals surface area contributed by atoms with Gasteiger partial charge in [0.15, 0.2) is 5.76 Å². The molecule has 2 saturated heterocycles. The first-order valence-electron chi connectivity index (χ1n) is 12.1. The number of carbonyl (C=O) groups excluding carboxylic acids is 1. The van der Waals surface area contributed by atoms with Crippen LogP contribution in [0.25, 0.3) is 0 Å². The summed E-state index contributed by atoms with van der Waals surface area (Å²) >= 11 is 0. The van der Waals surface area contributed by atoms with Crippen LogP contribution in [0.3, 0.4) is 0 Å². The summed E-state index contributed by atoms with van der Waals surface area (Å²) in [5.74, 6) is 1.57. The molecule has 2 aliphatic rings. The second-order valence-electron chi connectivity index (χ2n) is 9.51. The maximum absolute atomic E-state index is 13.3. The number of hydrogen-bond donors (Lipinski definition) is 0. The monoisotopic (exact) mass is 489 g/mol. The van der Waals surface area contributed by atoms with Crippen LogP contribution in [0.5, 0.6) is 5.75 Å². The van der Waals surface area contributed by atoms with E-state index in [0.717, 1.165) is 50.9 Å². The van der Waals surface area contributed by atoms with E-state index in [-0.39, 0.29) is 23.3 Å². The fraction of sp³-hybridized carbons (Fsp3) is 0.600. The van der Waals surface area contributed by atoms with Gasteiger partial charge in [-0.1, -0.05) is 17.3 Å². The van der Waals surface area contributed by atoms with Gasteiger partial charge in [0, 0.05) is 26.2 Å². The van der Waals surface area contributed by atoms with E-state index in [1.165, 1.54) is 9.87 Å². The lowest BCUT2D eigenvalue weighted by molar-refractivity contribution is -0.138. The quantitative estimate of drug-likeness (QED) is 0.590. The first kappa shape index (κ1) is 24.7. The molecular formula is C25H35N3O5S. The number of aromatic nitrogens is 1. The Morgan fingerprint density at radius 3 is 2.44 bits per heavy atom. The number of aryl methyl sites for hydroxylation is 3. The molecule has 1 atom stereocenters. The van der Waals surface area contributed by atoms with Crippen LogP contribution in [0, 0.1) is 25.7 Å². The summed E-state index contributed by atoms with van der Waals surface area (Å²) in [5.41, 5.74) is 1.67. The Hall–Kier alpha value is -2.39. The Morgan fingerprint density at radius 2 is 1.82 bits per heavy atom. The Balaban J connectivity index is 1.29. The lowest BCUT2D eigenvalue weighted by Crippen LogP contribution is -2.48. The second-order valence-corrected chi connectivity index (χ2v) is 11.4. The highest BCUT2D eigenvalue weighted by Gasteiger charge is 2.38. The number of nitrogens with zero attached hydrogens (tertiary/aromatic N) is 3. The van der Waals surface area contributed by atoms with Crippen molar-refractivity contribution in [3.63, 3.8) is 0 Å². The standard InChI is InChI=1S/C25H35N3O5S/c1-18-24(19(2)33-26-18)34(30,31)28-14-4-5-22(17-28)25(29)27-15-12-21(13-16-27)7-6-20-8-10-23(32-3)11-9-20/h8-11,21-22H,4-7,12-17H2,1-3H3. The zero-order valence-corrected chi connectivity index (χ0v) is 21.1. The van der Waals surface area contributed by atoms with Crippen molar-refractivity contribution in [3.8, 4) is 5.75 Å². The number of piperidine rings is 2. The van der Waals surface area contributed by atoms with Crippen LogP contribution >= 0.6 is 0 Å². The SMILES string of the molecule is COc1ccc(CCC2CCN(C(=O)C3CCCN(S(=O)(=O)c4c(C)noc4C)C3)CC2)cc1. The molecule has 0 N–H and O–H groups in total. The van der Waals surface area contributed by atoms with E-state index < -0.39 is 10.0 Å². The molecule has 0 bridgehead atoms. The third kappa shape index (κ3) is 5.30. The third-order valence-electron chi connectivity index (χ3n) is 7.23. The number of carbonyl (C=O) groups is 1. The lowest BCUT2D eigenvalue weighted by atomic mass is 9.89. The Kier molecular flexibility index (Phi) is 7.62. The predicted molar refractivity (Wildman–Crippen MR) is 128 cm³/mol. The number of sulfonamides is 1. The van der Waals surface area contributed by atoms with Gasteiger partial charge in [-0.3, -0.25) is 4.79 Å². The third-order valence-corrected chi connectivity index (χ3v) is 9.34. The molecule has 0 saturated carbocycles. The molecule has 0 spiro atoms. The highest BCUT2D eigenvalue weighted by molar-refractivity contribution is 7.89. The van der Waals surface area contributed by atoms with Crippen molar-refractivity contribution < 1.29 is 22.5 Å². The summed E-state index contributed by atoms with van der Waals surface area (Å²) in [6, 6.07) is 8.22. The van der Waals surface area contributed by atoms with Crippen LogP contribution in [0.1, 0.15) is 49.1 Å². The molecule has 34 heavy (non-hydrogen) atoms. The number of ether oxygens (including phenoxy) is 1. The zero-order chi connectivity index (χ0) is 24.3. The minimum atomic E-state index is -3.73. The summed E-state index contributed by atoms with van der Waals surface area (Å²) < 4.78 is 38.1. The fourth-order valence-electron chi connectivity index (χ4n) is 5.20. The molecule has 4 rings (SSSR count). The van der Waals surface area contributed by atoms with Gasteiger partial charge in [-0.15, -0.1) is 0 Å². The Labute approximate surface area is 202 Å². The molecule has 1 aromatic carbocycles. The maximum atomic E-state index is 13.3. The first-order valence-corrected chi connectivity index (χ1v) is 13.6. The minimum Gasteiger partial charge on any atom is -0.497 e. The summed E-state index contributed by atoms with van der Waals surface area (Å²) in [4.78, 5) is 15.3. The molecule has 0 radical (unpaired) electrons. The van der Waals surface area contributed by atoms with E-state index in [9.17, 15) is 13.2 Å². The van der Waals surface area contributed by atoms with E-state index in [0.29, 0.717) is 30.3 Å². The molecule has 1 amide bonds. The largest absolute Gasteiger partial charge is 0.497 e. The van der Waals surface area contributed by atoms with Crippen molar-refractivity contribution in [1.82, 2.24) is 14.4 Å². The van der Waals surface area contributed by atoms with Gasteiger partial charge in [0.1, 0.15) is 16.3 Å². The molecule has 2 aliphatic heterocycles. The number of benzene rings is 1. The van der Waals surface area contributed by atoms with Crippen LogP contribution in [0.2, 0.25) is 0 Å².